The number of benzene rings is 2. The Bertz CT molecular complexity index is 1190. The summed E-state index contributed by atoms with van der Waals surface area (Å²) in [6.45, 7) is 2.51. The van der Waals surface area contributed by atoms with E-state index in [0.717, 1.165) is 5.69 Å². The molecule has 0 saturated carbocycles. The van der Waals surface area contributed by atoms with Gasteiger partial charge < -0.3 is 9.47 Å². The summed E-state index contributed by atoms with van der Waals surface area (Å²) >= 11 is 0. The van der Waals surface area contributed by atoms with Gasteiger partial charge >= 0.3 is 0 Å². The molecule has 5 rings (SSSR count). The third-order valence-corrected chi connectivity index (χ3v) is 4.55. The molecule has 1 aliphatic rings. The van der Waals surface area contributed by atoms with Crippen LogP contribution in [0.25, 0.3) is 33.1 Å². The number of nitrogens with one attached hydrogen (secondary N) is 1. The van der Waals surface area contributed by atoms with Crippen molar-refractivity contribution in [2.24, 2.45) is 0 Å². The van der Waals surface area contributed by atoms with Crippen LogP contribution < -0.4 is 9.47 Å². The van der Waals surface area contributed by atoms with Crippen molar-refractivity contribution in [2.75, 3.05) is 13.2 Å². The molecule has 0 atom stereocenters. The number of hydrogen-bond acceptors (Lipinski definition) is 4. The molecular formula is C19H13F2N3O2. The average Bonchev–Trinajstić information content (AvgIpc) is 3.02. The predicted molar refractivity (Wildman–Crippen MR) is 92.5 cm³/mol. The molecule has 0 unspecified atom stereocenters. The van der Waals surface area contributed by atoms with Crippen LogP contribution in [0.15, 0.2) is 30.3 Å². The number of hydrogen-bond donors (Lipinski definition) is 1. The molecule has 0 fully saturated rings. The summed E-state index contributed by atoms with van der Waals surface area (Å²) in [5, 5.41) is 8.37. The van der Waals surface area contributed by atoms with Crippen molar-refractivity contribution >= 4 is 21.8 Å². The summed E-state index contributed by atoms with van der Waals surface area (Å²) in [7, 11) is 0. The standard InChI is InChI=1S/C19H13F2N3O2/c1-9-14-16-15(12(21)8-13-18(16)26-7-6-25-13)17(22-19(14)24-23-9)10-4-2-3-5-11(10)20/h2-5,8H,6-7H2,1H3,(H,22,23,24). The number of pyridine rings is 1. The Morgan fingerprint density at radius 1 is 1.00 bits per heavy atom. The first-order chi connectivity index (χ1) is 12.6. The van der Waals surface area contributed by atoms with Crippen molar-refractivity contribution in [1.82, 2.24) is 15.2 Å². The van der Waals surface area contributed by atoms with Crippen LogP contribution in [-0.4, -0.2) is 28.4 Å². The molecule has 0 radical (unpaired) electrons. The van der Waals surface area contributed by atoms with Gasteiger partial charge in [-0.25, -0.2) is 13.8 Å². The molecule has 26 heavy (non-hydrogen) atoms. The monoisotopic (exact) mass is 353 g/mol. The Morgan fingerprint density at radius 2 is 1.81 bits per heavy atom. The lowest BCUT2D eigenvalue weighted by molar-refractivity contribution is 0.173. The number of H-pyrrole nitrogens is 1. The molecule has 2 aromatic heterocycles. The van der Waals surface area contributed by atoms with Crippen LogP contribution in [0.5, 0.6) is 11.5 Å². The smallest absolute Gasteiger partial charge is 0.182 e. The summed E-state index contributed by atoms with van der Waals surface area (Å²) < 4.78 is 40.9. The second-order valence-corrected chi connectivity index (χ2v) is 6.12. The van der Waals surface area contributed by atoms with Crippen LogP contribution in [0.3, 0.4) is 0 Å². The third-order valence-electron chi connectivity index (χ3n) is 4.55. The van der Waals surface area contributed by atoms with Crippen LogP contribution >= 0.6 is 0 Å². The molecule has 0 saturated heterocycles. The first-order valence-corrected chi connectivity index (χ1v) is 8.16. The number of aryl methyl sites for hydroxylation is 1. The van der Waals surface area contributed by atoms with E-state index in [4.69, 9.17) is 9.47 Å². The number of nitrogens with zero attached hydrogens (tertiary/aromatic N) is 2. The number of fused-ring (bicyclic) bond motifs is 5. The van der Waals surface area contributed by atoms with Crippen molar-refractivity contribution < 1.29 is 18.3 Å². The first kappa shape index (κ1) is 15.1. The zero-order valence-corrected chi connectivity index (χ0v) is 13.8. The van der Waals surface area contributed by atoms with E-state index in [1.165, 1.54) is 12.1 Å². The molecule has 2 aromatic carbocycles. The SMILES string of the molecule is Cc1[nH]nc2nc(-c3ccccc3F)c3c(F)cc4c(c3c12)OCCO4. The molecule has 7 heteroatoms. The number of aromatic nitrogens is 3. The normalized spacial score (nSPS) is 13.5. The number of rotatable bonds is 1. The summed E-state index contributed by atoms with van der Waals surface area (Å²) in [5.74, 6) is -0.268. The minimum atomic E-state index is -0.544. The van der Waals surface area contributed by atoms with Crippen LogP contribution in [0.1, 0.15) is 5.69 Å². The Balaban J connectivity index is 2.03. The molecule has 0 aliphatic carbocycles. The topological polar surface area (TPSA) is 60.0 Å². The number of halogens is 2. The van der Waals surface area contributed by atoms with Crippen molar-refractivity contribution in [3.63, 3.8) is 0 Å². The number of aromatic amines is 1. The molecule has 3 heterocycles. The lowest BCUT2D eigenvalue weighted by atomic mass is 9.99. The Kier molecular flexibility index (Phi) is 3.12. The van der Waals surface area contributed by atoms with Gasteiger partial charge in [-0.05, 0) is 19.1 Å². The molecular weight excluding hydrogens is 340 g/mol. The van der Waals surface area contributed by atoms with Gasteiger partial charge in [-0.1, -0.05) is 12.1 Å². The molecule has 0 spiro atoms. The van der Waals surface area contributed by atoms with E-state index in [1.807, 2.05) is 6.92 Å². The van der Waals surface area contributed by atoms with Gasteiger partial charge in [0.05, 0.1) is 11.1 Å². The largest absolute Gasteiger partial charge is 0.486 e. The van der Waals surface area contributed by atoms with Gasteiger partial charge in [-0.15, -0.1) is 0 Å². The lowest BCUT2D eigenvalue weighted by Gasteiger charge is -2.21. The fourth-order valence-corrected chi connectivity index (χ4v) is 3.43. The van der Waals surface area contributed by atoms with Gasteiger partial charge in [-0.2, -0.15) is 5.10 Å². The zero-order chi connectivity index (χ0) is 17.8. The van der Waals surface area contributed by atoms with Crippen LogP contribution in [0, 0.1) is 18.6 Å². The summed E-state index contributed by atoms with van der Waals surface area (Å²) in [6.07, 6.45) is 0. The maximum atomic E-state index is 15.1. The highest BCUT2D eigenvalue weighted by molar-refractivity contribution is 6.15. The molecule has 0 bridgehead atoms. The summed E-state index contributed by atoms with van der Waals surface area (Å²) in [4.78, 5) is 4.45. The van der Waals surface area contributed by atoms with E-state index in [9.17, 15) is 4.39 Å². The van der Waals surface area contributed by atoms with Crippen LogP contribution in [0.2, 0.25) is 0 Å². The van der Waals surface area contributed by atoms with Gasteiger partial charge in [0.15, 0.2) is 17.1 Å². The molecule has 1 N–H and O–H groups in total. The van der Waals surface area contributed by atoms with Gasteiger partial charge in [0.1, 0.15) is 24.8 Å². The fraction of sp³-hybridized carbons (Fsp3) is 0.158. The average molecular weight is 353 g/mol. The highest BCUT2D eigenvalue weighted by Crippen LogP contribution is 2.46. The lowest BCUT2D eigenvalue weighted by Crippen LogP contribution is -2.16. The van der Waals surface area contributed by atoms with Crippen LogP contribution in [0.4, 0.5) is 8.78 Å². The Hall–Kier alpha value is -3.22. The number of ether oxygens (including phenoxy) is 2. The summed E-state index contributed by atoms with van der Waals surface area (Å²) in [5.41, 5.74) is 1.48. The van der Waals surface area contributed by atoms with Gasteiger partial charge in [0.25, 0.3) is 0 Å². The van der Waals surface area contributed by atoms with Crippen molar-refractivity contribution in [3.05, 3.63) is 47.7 Å². The van der Waals surface area contributed by atoms with Crippen LogP contribution in [-0.2, 0) is 0 Å². The highest BCUT2D eigenvalue weighted by atomic mass is 19.1. The maximum Gasteiger partial charge on any atom is 0.182 e. The summed E-state index contributed by atoms with van der Waals surface area (Å²) in [6, 6.07) is 7.41. The molecule has 4 aromatic rings. The maximum absolute atomic E-state index is 15.1. The van der Waals surface area contributed by atoms with E-state index in [0.29, 0.717) is 41.1 Å². The van der Waals surface area contributed by atoms with E-state index in [1.54, 1.807) is 18.2 Å². The van der Waals surface area contributed by atoms with Crippen molar-refractivity contribution in [3.8, 4) is 22.8 Å². The van der Waals surface area contributed by atoms with Crippen molar-refractivity contribution in [2.45, 2.75) is 6.92 Å². The molecule has 0 amide bonds. The van der Waals surface area contributed by atoms with E-state index in [2.05, 4.69) is 15.2 Å². The second kappa shape index (κ2) is 5.39. The van der Waals surface area contributed by atoms with E-state index < -0.39 is 11.6 Å². The van der Waals surface area contributed by atoms with Gasteiger partial charge in [0.2, 0.25) is 0 Å². The van der Waals surface area contributed by atoms with Gasteiger partial charge in [0, 0.05) is 28.1 Å². The minimum absolute atomic E-state index is 0.187. The molecule has 130 valence electrons. The quantitative estimate of drug-likeness (QED) is 0.559. The predicted octanol–water partition coefficient (Wildman–Crippen LogP) is 4.14. The van der Waals surface area contributed by atoms with E-state index >= 15 is 4.39 Å². The fourth-order valence-electron chi connectivity index (χ4n) is 3.43. The second-order valence-electron chi connectivity index (χ2n) is 6.12. The first-order valence-electron chi connectivity index (χ1n) is 8.16. The molecule has 5 nitrogen and oxygen atoms in total. The highest BCUT2D eigenvalue weighted by Gasteiger charge is 2.26. The minimum Gasteiger partial charge on any atom is -0.486 e. The Morgan fingerprint density at radius 3 is 2.65 bits per heavy atom. The Labute approximate surface area is 146 Å². The zero-order valence-electron chi connectivity index (χ0n) is 13.8. The third kappa shape index (κ3) is 2.00. The van der Waals surface area contributed by atoms with E-state index in [-0.39, 0.29) is 16.6 Å². The van der Waals surface area contributed by atoms with Gasteiger partial charge in [-0.3, -0.25) is 5.10 Å². The van der Waals surface area contributed by atoms with Crippen molar-refractivity contribution in [1.29, 1.82) is 0 Å². The molecule has 1 aliphatic heterocycles.